The van der Waals surface area contributed by atoms with E-state index in [4.69, 9.17) is 5.73 Å². The Morgan fingerprint density at radius 1 is 1.31 bits per heavy atom. The molecule has 2 atom stereocenters. The average Bonchev–Trinajstić information content (AvgIpc) is 2.00. The zero-order valence-electron chi connectivity index (χ0n) is 8.74. The molecule has 78 valence electrons. The van der Waals surface area contributed by atoms with E-state index in [1.807, 2.05) is 27.7 Å². The Bertz CT molecular complexity index is 169. The largest absolute Gasteiger partial charge is 0.382 e. The summed E-state index contributed by atoms with van der Waals surface area (Å²) in [5.74, 6) is -0.302. The Kier molecular flexibility index (Phi) is 4.95. The van der Waals surface area contributed by atoms with Crippen LogP contribution in [-0.4, -0.2) is 29.2 Å². The lowest BCUT2D eigenvalue weighted by Crippen LogP contribution is -2.50. The zero-order valence-corrected chi connectivity index (χ0v) is 8.74. The maximum absolute atomic E-state index is 11.3. The van der Waals surface area contributed by atoms with Gasteiger partial charge in [0.1, 0.15) is 6.10 Å². The molecule has 0 radical (unpaired) electrons. The number of aliphatic hydroxyl groups is 1. The van der Waals surface area contributed by atoms with Gasteiger partial charge in [-0.3, -0.25) is 4.79 Å². The average molecular weight is 188 g/mol. The first-order chi connectivity index (χ1) is 5.86. The normalized spacial score (nSPS) is 16.0. The van der Waals surface area contributed by atoms with Crippen molar-refractivity contribution < 1.29 is 9.90 Å². The van der Waals surface area contributed by atoms with Crippen LogP contribution in [-0.2, 0) is 4.79 Å². The van der Waals surface area contributed by atoms with Crippen LogP contribution in [0.15, 0.2) is 0 Å². The molecule has 0 bridgehead atoms. The summed E-state index contributed by atoms with van der Waals surface area (Å²) in [6.45, 7) is 7.42. The standard InChI is InChI=1S/C9H20N2O2/c1-5(2)7(10)8(12)9(13)11-6(3)4/h5-8,12H,10H2,1-4H3,(H,11,13). The second kappa shape index (κ2) is 5.19. The SMILES string of the molecule is CC(C)NC(=O)C(O)C(N)C(C)C. The third-order valence-electron chi connectivity index (χ3n) is 1.83. The van der Waals surface area contributed by atoms with Crippen LogP contribution in [0.1, 0.15) is 27.7 Å². The molecule has 0 aliphatic carbocycles. The van der Waals surface area contributed by atoms with E-state index in [9.17, 15) is 9.90 Å². The van der Waals surface area contributed by atoms with Crippen molar-refractivity contribution >= 4 is 5.91 Å². The summed E-state index contributed by atoms with van der Waals surface area (Å²) in [5.41, 5.74) is 5.63. The molecule has 4 N–H and O–H groups in total. The molecule has 0 heterocycles. The Balaban J connectivity index is 4.09. The van der Waals surface area contributed by atoms with E-state index in [-0.39, 0.29) is 12.0 Å². The summed E-state index contributed by atoms with van der Waals surface area (Å²) >= 11 is 0. The summed E-state index contributed by atoms with van der Waals surface area (Å²) < 4.78 is 0. The summed E-state index contributed by atoms with van der Waals surface area (Å²) in [6, 6.07) is -0.472. The van der Waals surface area contributed by atoms with Crippen molar-refractivity contribution in [3.8, 4) is 0 Å². The van der Waals surface area contributed by atoms with Gasteiger partial charge in [-0.05, 0) is 19.8 Å². The highest BCUT2D eigenvalue weighted by Gasteiger charge is 2.25. The second-order valence-electron chi connectivity index (χ2n) is 3.93. The van der Waals surface area contributed by atoms with Crippen molar-refractivity contribution in [2.24, 2.45) is 11.7 Å². The fourth-order valence-corrected chi connectivity index (χ4v) is 0.909. The summed E-state index contributed by atoms with van der Waals surface area (Å²) in [6.07, 6.45) is -1.11. The molecule has 0 aliphatic heterocycles. The van der Waals surface area contributed by atoms with Crippen LogP contribution < -0.4 is 11.1 Å². The van der Waals surface area contributed by atoms with E-state index in [1.54, 1.807) is 0 Å². The van der Waals surface area contributed by atoms with Gasteiger partial charge in [-0.1, -0.05) is 13.8 Å². The molecule has 0 fully saturated rings. The molecule has 0 rings (SSSR count). The first-order valence-corrected chi connectivity index (χ1v) is 4.60. The van der Waals surface area contributed by atoms with Crippen LogP contribution in [0.2, 0.25) is 0 Å². The molecule has 0 spiro atoms. The molecular weight excluding hydrogens is 168 g/mol. The molecule has 0 aliphatic rings. The maximum Gasteiger partial charge on any atom is 0.250 e. The molecular formula is C9H20N2O2. The number of amides is 1. The van der Waals surface area contributed by atoms with Crippen molar-refractivity contribution in [2.45, 2.75) is 45.9 Å². The van der Waals surface area contributed by atoms with E-state index in [0.717, 1.165) is 0 Å². The minimum absolute atomic E-state index is 0.0292. The molecule has 0 saturated heterocycles. The van der Waals surface area contributed by atoms with E-state index in [2.05, 4.69) is 5.32 Å². The first kappa shape index (κ1) is 12.4. The molecule has 1 amide bonds. The van der Waals surface area contributed by atoms with Crippen LogP contribution in [0.5, 0.6) is 0 Å². The predicted molar refractivity (Wildman–Crippen MR) is 52.1 cm³/mol. The molecule has 0 aromatic carbocycles. The van der Waals surface area contributed by atoms with Gasteiger partial charge in [0.05, 0.1) is 0 Å². The third kappa shape index (κ3) is 4.24. The van der Waals surface area contributed by atoms with Gasteiger partial charge in [0.25, 0.3) is 5.91 Å². The van der Waals surface area contributed by atoms with Gasteiger partial charge < -0.3 is 16.2 Å². The topological polar surface area (TPSA) is 75.3 Å². The Morgan fingerprint density at radius 2 is 1.77 bits per heavy atom. The van der Waals surface area contributed by atoms with Gasteiger partial charge in [0, 0.05) is 12.1 Å². The minimum Gasteiger partial charge on any atom is -0.382 e. The van der Waals surface area contributed by atoms with Gasteiger partial charge in [-0.15, -0.1) is 0 Å². The maximum atomic E-state index is 11.3. The Hall–Kier alpha value is -0.610. The number of rotatable bonds is 4. The Morgan fingerprint density at radius 3 is 2.08 bits per heavy atom. The zero-order chi connectivity index (χ0) is 10.6. The van der Waals surface area contributed by atoms with Crippen molar-refractivity contribution in [3.05, 3.63) is 0 Å². The highest BCUT2D eigenvalue weighted by atomic mass is 16.3. The summed E-state index contributed by atoms with van der Waals surface area (Å²) in [4.78, 5) is 11.3. The first-order valence-electron chi connectivity index (χ1n) is 4.60. The number of nitrogens with one attached hydrogen (secondary N) is 1. The fraction of sp³-hybridized carbons (Fsp3) is 0.889. The molecule has 0 aromatic heterocycles. The van der Waals surface area contributed by atoms with Crippen molar-refractivity contribution in [1.29, 1.82) is 0 Å². The smallest absolute Gasteiger partial charge is 0.250 e. The molecule has 13 heavy (non-hydrogen) atoms. The lowest BCUT2D eigenvalue weighted by Gasteiger charge is -2.22. The lowest BCUT2D eigenvalue weighted by molar-refractivity contribution is -0.131. The number of hydrogen-bond acceptors (Lipinski definition) is 3. The van der Waals surface area contributed by atoms with Gasteiger partial charge in [0.15, 0.2) is 0 Å². The van der Waals surface area contributed by atoms with Crippen LogP contribution in [0, 0.1) is 5.92 Å². The number of aliphatic hydroxyl groups excluding tert-OH is 1. The Labute approximate surface area is 79.5 Å². The second-order valence-corrected chi connectivity index (χ2v) is 3.93. The lowest BCUT2D eigenvalue weighted by atomic mass is 9.99. The highest BCUT2D eigenvalue weighted by Crippen LogP contribution is 2.03. The van der Waals surface area contributed by atoms with Crippen LogP contribution in [0.3, 0.4) is 0 Å². The van der Waals surface area contributed by atoms with Crippen molar-refractivity contribution in [2.75, 3.05) is 0 Å². The van der Waals surface area contributed by atoms with Crippen LogP contribution in [0.25, 0.3) is 0 Å². The molecule has 0 aromatic rings. The molecule has 4 heteroatoms. The van der Waals surface area contributed by atoms with E-state index in [0.29, 0.717) is 0 Å². The van der Waals surface area contributed by atoms with E-state index >= 15 is 0 Å². The number of nitrogens with two attached hydrogens (primary N) is 1. The van der Waals surface area contributed by atoms with E-state index in [1.165, 1.54) is 0 Å². The molecule has 0 saturated carbocycles. The fourth-order valence-electron chi connectivity index (χ4n) is 0.909. The van der Waals surface area contributed by atoms with Gasteiger partial charge in [-0.25, -0.2) is 0 Å². The number of hydrogen-bond donors (Lipinski definition) is 3. The number of carbonyl (C=O) groups is 1. The van der Waals surface area contributed by atoms with Gasteiger partial charge in [0.2, 0.25) is 0 Å². The summed E-state index contributed by atoms with van der Waals surface area (Å²) in [7, 11) is 0. The minimum atomic E-state index is -1.11. The van der Waals surface area contributed by atoms with Gasteiger partial charge in [-0.2, -0.15) is 0 Å². The van der Waals surface area contributed by atoms with E-state index < -0.39 is 18.1 Å². The van der Waals surface area contributed by atoms with Crippen LogP contribution in [0.4, 0.5) is 0 Å². The molecule has 2 unspecified atom stereocenters. The summed E-state index contributed by atoms with van der Waals surface area (Å²) in [5, 5.41) is 12.1. The van der Waals surface area contributed by atoms with Crippen molar-refractivity contribution in [1.82, 2.24) is 5.32 Å². The van der Waals surface area contributed by atoms with Crippen LogP contribution >= 0.6 is 0 Å². The predicted octanol–water partition coefficient (Wildman–Crippen LogP) is -0.145. The quantitative estimate of drug-likeness (QED) is 0.574. The van der Waals surface area contributed by atoms with Gasteiger partial charge >= 0.3 is 0 Å². The number of carbonyl (C=O) groups excluding carboxylic acids is 1. The molecule has 4 nitrogen and oxygen atoms in total. The third-order valence-corrected chi connectivity index (χ3v) is 1.83. The monoisotopic (exact) mass is 188 g/mol. The van der Waals surface area contributed by atoms with Crippen molar-refractivity contribution in [3.63, 3.8) is 0 Å². The highest BCUT2D eigenvalue weighted by molar-refractivity contribution is 5.81.